The molecule has 2 rings (SSSR count). The van der Waals surface area contributed by atoms with Gasteiger partial charge in [0.25, 0.3) is 0 Å². The van der Waals surface area contributed by atoms with Gasteiger partial charge in [0.1, 0.15) is 5.75 Å². The number of ether oxygens (including phenoxy) is 1. The van der Waals surface area contributed by atoms with Crippen LogP contribution in [0.1, 0.15) is 34.1 Å². The summed E-state index contributed by atoms with van der Waals surface area (Å²) in [7, 11) is 0. The number of para-hydroxylation sites is 2. The summed E-state index contributed by atoms with van der Waals surface area (Å²) in [6.45, 7) is 9.71. The molecule has 0 aliphatic carbocycles. The molecule has 1 heterocycles. The smallest absolute Gasteiger partial charge is 0.142 e. The lowest BCUT2D eigenvalue weighted by Crippen LogP contribution is -2.43. The van der Waals surface area contributed by atoms with E-state index in [1.54, 1.807) is 0 Å². The number of aliphatic hydroxyl groups is 1. The molecule has 0 amide bonds. The van der Waals surface area contributed by atoms with Crippen LogP contribution in [-0.2, 0) is 0 Å². The van der Waals surface area contributed by atoms with Crippen molar-refractivity contribution in [3.05, 3.63) is 24.3 Å². The lowest BCUT2D eigenvalue weighted by molar-refractivity contribution is 0.188. The minimum atomic E-state index is -0.0365. The second-order valence-electron chi connectivity index (χ2n) is 6.11. The first-order chi connectivity index (χ1) is 8.96. The number of rotatable bonds is 4. The molecule has 0 aromatic heterocycles. The van der Waals surface area contributed by atoms with E-state index >= 15 is 0 Å². The summed E-state index contributed by atoms with van der Waals surface area (Å²) in [6.07, 6.45) is 1.19. The van der Waals surface area contributed by atoms with Crippen molar-refractivity contribution in [2.45, 2.75) is 45.8 Å². The summed E-state index contributed by atoms with van der Waals surface area (Å²) in [5.74, 6) is 1.25. The van der Waals surface area contributed by atoms with E-state index in [1.165, 1.54) is 0 Å². The Kier molecular flexibility index (Phi) is 4.04. The average molecular weight is 263 g/mol. The Morgan fingerprint density at radius 3 is 2.63 bits per heavy atom. The maximum Gasteiger partial charge on any atom is 0.142 e. The molecule has 0 radical (unpaired) electrons. The van der Waals surface area contributed by atoms with Crippen molar-refractivity contribution < 1.29 is 9.84 Å². The molecule has 1 aromatic carbocycles. The van der Waals surface area contributed by atoms with Gasteiger partial charge in [-0.1, -0.05) is 12.1 Å². The van der Waals surface area contributed by atoms with E-state index in [-0.39, 0.29) is 18.2 Å². The van der Waals surface area contributed by atoms with E-state index in [0.29, 0.717) is 5.92 Å². The molecule has 1 saturated heterocycles. The van der Waals surface area contributed by atoms with E-state index in [4.69, 9.17) is 4.74 Å². The summed E-state index contributed by atoms with van der Waals surface area (Å²) >= 11 is 0. The van der Waals surface area contributed by atoms with Gasteiger partial charge in [-0.2, -0.15) is 0 Å². The number of anilines is 1. The molecular formula is C16H25NO2. The molecule has 0 saturated carbocycles. The van der Waals surface area contributed by atoms with Crippen molar-refractivity contribution in [2.24, 2.45) is 5.92 Å². The Bertz CT molecular complexity index is 429. The van der Waals surface area contributed by atoms with Gasteiger partial charge in [0.15, 0.2) is 0 Å². The zero-order valence-electron chi connectivity index (χ0n) is 12.4. The fourth-order valence-electron chi connectivity index (χ4n) is 2.93. The second-order valence-corrected chi connectivity index (χ2v) is 6.11. The van der Waals surface area contributed by atoms with Gasteiger partial charge >= 0.3 is 0 Å². The molecule has 19 heavy (non-hydrogen) atoms. The summed E-state index contributed by atoms with van der Waals surface area (Å²) in [4.78, 5) is 2.37. The van der Waals surface area contributed by atoms with E-state index in [2.05, 4.69) is 24.8 Å². The van der Waals surface area contributed by atoms with Crippen LogP contribution in [0.5, 0.6) is 5.75 Å². The molecule has 0 spiro atoms. The monoisotopic (exact) mass is 263 g/mol. The van der Waals surface area contributed by atoms with Gasteiger partial charge in [-0.05, 0) is 46.2 Å². The number of hydrogen-bond acceptors (Lipinski definition) is 3. The Labute approximate surface area is 116 Å². The number of nitrogens with zero attached hydrogens (tertiary/aromatic N) is 1. The van der Waals surface area contributed by atoms with Crippen molar-refractivity contribution in [1.29, 1.82) is 0 Å². The second kappa shape index (κ2) is 5.41. The molecule has 1 unspecified atom stereocenters. The molecule has 3 nitrogen and oxygen atoms in total. The molecule has 1 fully saturated rings. The summed E-state index contributed by atoms with van der Waals surface area (Å²) in [5, 5.41) is 9.52. The molecule has 0 bridgehead atoms. The predicted molar refractivity (Wildman–Crippen MR) is 78.8 cm³/mol. The van der Waals surface area contributed by atoms with Crippen molar-refractivity contribution in [1.82, 2.24) is 0 Å². The van der Waals surface area contributed by atoms with Crippen molar-refractivity contribution >= 4 is 5.69 Å². The quantitative estimate of drug-likeness (QED) is 0.906. The van der Waals surface area contributed by atoms with Gasteiger partial charge in [0, 0.05) is 24.6 Å². The first-order valence-electron chi connectivity index (χ1n) is 7.11. The first kappa shape index (κ1) is 14.2. The summed E-state index contributed by atoms with van der Waals surface area (Å²) < 4.78 is 5.92. The van der Waals surface area contributed by atoms with Gasteiger partial charge in [-0.25, -0.2) is 0 Å². The Balaban J connectivity index is 2.32. The van der Waals surface area contributed by atoms with Crippen LogP contribution in [-0.4, -0.2) is 29.9 Å². The Morgan fingerprint density at radius 2 is 2.05 bits per heavy atom. The van der Waals surface area contributed by atoms with Gasteiger partial charge in [0.05, 0.1) is 11.8 Å². The van der Waals surface area contributed by atoms with Crippen molar-refractivity contribution in [3.63, 3.8) is 0 Å². The van der Waals surface area contributed by atoms with Crippen LogP contribution in [0.25, 0.3) is 0 Å². The molecule has 1 N–H and O–H groups in total. The van der Waals surface area contributed by atoms with Gasteiger partial charge < -0.3 is 14.7 Å². The van der Waals surface area contributed by atoms with Crippen LogP contribution in [0, 0.1) is 5.92 Å². The Hall–Kier alpha value is -1.22. The minimum absolute atomic E-state index is 0.0365. The molecule has 3 heteroatoms. The highest BCUT2D eigenvalue weighted by molar-refractivity contribution is 5.61. The standard InChI is InChI=1S/C16H25NO2/c1-12(2)19-15-8-6-5-7-14(15)17-10-9-13(11-18)16(17,3)4/h5-8,12-13,18H,9-11H2,1-4H3. The minimum Gasteiger partial charge on any atom is -0.489 e. The van der Waals surface area contributed by atoms with Gasteiger partial charge in [-0.15, -0.1) is 0 Å². The third kappa shape index (κ3) is 2.71. The van der Waals surface area contributed by atoms with Crippen LogP contribution in [0.15, 0.2) is 24.3 Å². The van der Waals surface area contributed by atoms with E-state index in [1.807, 2.05) is 32.0 Å². The fraction of sp³-hybridized carbons (Fsp3) is 0.625. The lowest BCUT2D eigenvalue weighted by atomic mass is 9.89. The zero-order chi connectivity index (χ0) is 14.0. The van der Waals surface area contributed by atoms with Crippen LogP contribution in [0.3, 0.4) is 0 Å². The number of aliphatic hydroxyl groups excluding tert-OH is 1. The van der Waals surface area contributed by atoms with Gasteiger partial charge in [-0.3, -0.25) is 0 Å². The Morgan fingerprint density at radius 1 is 1.37 bits per heavy atom. The molecule has 106 valence electrons. The van der Waals surface area contributed by atoms with E-state index in [0.717, 1.165) is 24.4 Å². The maximum absolute atomic E-state index is 9.52. The third-order valence-corrected chi connectivity index (χ3v) is 4.14. The SMILES string of the molecule is CC(C)Oc1ccccc1N1CCC(CO)C1(C)C. The number of benzene rings is 1. The molecular weight excluding hydrogens is 238 g/mol. The third-order valence-electron chi connectivity index (χ3n) is 4.14. The predicted octanol–water partition coefficient (Wildman–Crippen LogP) is 3.07. The van der Waals surface area contributed by atoms with Crippen LogP contribution in [0.4, 0.5) is 5.69 Å². The highest BCUT2D eigenvalue weighted by atomic mass is 16.5. The van der Waals surface area contributed by atoms with Crippen LogP contribution < -0.4 is 9.64 Å². The fourth-order valence-corrected chi connectivity index (χ4v) is 2.93. The number of hydrogen-bond donors (Lipinski definition) is 1. The topological polar surface area (TPSA) is 32.7 Å². The van der Waals surface area contributed by atoms with Crippen molar-refractivity contribution in [3.8, 4) is 5.75 Å². The zero-order valence-corrected chi connectivity index (χ0v) is 12.4. The molecule has 1 atom stereocenters. The molecule has 1 aliphatic rings. The van der Waals surface area contributed by atoms with Gasteiger partial charge in [0.2, 0.25) is 0 Å². The van der Waals surface area contributed by atoms with E-state index in [9.17, 15) is 5.11 Å². The van der Waals surface area contributed by atoms with Crippen molar-refractivity contribution in [2.75, 3.05) is 18.1 Å². The normalized spacial score (nSPS) is 22.0. The van der Waals surface area contributed by atoms with E-state index < -0.39 is 0 Å². The van der Waals surface area contributed by atoms with Crippen LogP contribution >= 0.6 is 0 Å². The maximum atomic E-state index is 9.52. The van der Waals surface area contributed by atoms with Crippen LogP contribution in [0.2, 0.25) is 0 Å². The summed E-state index contributed by atoms with van der Waals surface area (Å²) in [6, 6.07) is 8.19. The average Bonchev–Trinajstić information content (AvgIpc) is 2.64. The lowest BCUT2D eigenvalue weighted by Gasteiger charge is -2.38. The highest BCUT2D eigenvalue weighted by Gasteiger charge is 2.41. The highest BCUT2D eigenvalue weighted by Crippen LogP contribution is 2.41. The summed E-state index contributed by atoms with van der Waals surface area (Å²) in [5.41, 5.74) is 1.10. The molecule has 1 aliphatic heterocycles. The largest absolute Gasteiger partial charge is 0.489 e. The first-order valence-corrected chi connectivity index (χ1v) is 7.11. The molecule has 1 aromatic rings.